The lowest BCUT2D eigenvalue weighted by atomic mass is 10.4. The van der Waals surface area contributed by atoms with E-state index in [0.29, 0.717) is 6.54 Å². The van der Waals surface area contributed by atoms with E-state index < -0.39 is 6.04 Å². The van der Waals surface area contributed by atoms with Gasteiger partial charge in [0, 0.05) is 4.92 Å². The van der Waals surface area contributed by atoms with Crippen molar-refractivity contribution in [3.8, 4) is 0 Å². The molecular weight excluding hydrogens is 122 g/mol. The van der Waals surface area contributed by atoms with Crippen molar-refractivity contribution < 1.29 is 4.92 Å². The van der Waals surface area contributed by atoms with Crippen LogP contribution in [0.2, 0.25) is 0 Å². The first-order valence-corrected chi connectivity index (χ1v) is 2.59. The van der Waals surface area contributed by atoms with Crippen LogP contribution in [-0.2, 0) is 0 Å². The second kappa shape index (κ2) is 2.00. The second-order valence-corrected chi connectivity index (χ2v) is 1.96. The average molecular weight is 129 g/mol. The standard InChI is InChI=1S/C4H7N3O2/c1-6-3-4(2-5-6)7(8)9/h2,4H,3H2,1H3/q+1. The summed E-state index contributed by atoms with van der Waals surface area (Å²) in [6, 6.07) is -0.602. The van der Waals surface area contributed by atoms with E-state index in [4.69, 9.17) is 0 Å². The molecule has 0 aliphatic carbocycles. The summed E-state index contributed by atoms with van der Waals surface area (Å²) in [6.45, 7) is 0.396. The Morgan fingerprint density at radius 1 is 2.00 bits per heavy atom. The first-order valence-electron chi connectivity index (χ1n) is 2.59. The van der Waals surface area contributed by atoms with Crippen molar-refractivity contribution in [1.82, 2.24) is 10.1 Å². The molecule has 0 amide bonds. The van der Waals surface area contributed by atoms with Crippen molar-refractivity contribution in [2.75, 3.05) is 13.6 Å². The number of rotatable bonds is 1. The van der Waals surface area contributed by atoms with Crippen LogP contribution in [0, 0.1) is 10.1 Å². The number of nitro groups is 1. The van der Waals surface area contributed by atoms with Gasteiger partial charge >= 0.3 is 12.3 Å². The molecule has 9 heavy (non-hydrogen) atoms. The van der Waals surface area contributed by atoms with Crippen molar-refractivity contribution in [2.45, 2.75) is 6.04 Å². The molecule has 1 aliphatic rings. The van der Waals surface area contributed by atoms with Crippen LogP contribution in [0.1, 0.15) is 0 Å². The lowest BCUT2D eigenvalue weighted by Crippen LogP contribution is -2.26. The quantitative estimate of drug-likeness (QED) is 0.333. The maximum Gasteiger partial charge on any atom is 0.327 e. The van der Waals surface area contributed by atoms with Gasteiger partial charge in [0.25, 0.3) is 0 Å². The van der Waals surface area contributed by atoms with Gasteiger partial charge in [0.2, 0.25) is 0 Å². The van der Waals surface area contributed by atoms with Crippen LogP contribution in [0.25, 0.3) is 0 Å². The summed E-state index contributed by atoms with van der Waals surface area (Å²) in [5.41, 5.74) is 0. The maximum absolute atomic E-state index is 10.0. The van der Waals surface area contributed by atoms with Crippen LogP contribution in [0.4, 0.5) is 0 Å². The Hall–Kier alpha value is -1.13. The van der Waals surface area contributed by atoms with E-state index in [1.807, 2.05) is 0 Å². The minimum absolute atomic E-state index is 0.340. The number of hydrogen-bond acceptors (Lipinski definition) is 4. The van der Waals surface area contributed by atoms with Crippen LogP contribution >= 0.6 is 0 Å². The Labute approximate surface area is 52.1 Å². The highest BCUT2D eigenvalue weighted by Crippen LogP contribution is 1.92. The molecule has 0 aromatic carbocycles. The summed E-state index contributed by atoms with van der Waals surface area (Å²) in [5, 5.41) is 15.3. The van der Waals surface area contributed by atoms with E-state index in [0.717, 1.165) is 0 Å². The monoisotopic (exact) mass is 129 g/mol. The van der Waals surface area contributed by atoms with Crippen molar-refractivity contribution in [3.05, 3.63) is 10.1 Å². The number of hydrazone groups is 1. The molecule has 1 heterocycles. The predicted molar refractivity (Wildman–Crippen MR) is 31.6 cm³/mol. The van der Waals surface area contributed by atoms with Crippen LogP contribution in [0.5, 0.6) is 0 Å². The second-order valence-electron chi connectivity index (χ2n) is 1.96. The number of nitrogens with zero attached hydrogens (tertiary/aromatic N) is 3. The summed E-state index contributed by atoms with van der Waals surface area (Å²) >= 11 is 0. The SMILES string of the molecule is CN1CC([N+](=O)[O-])C=[N+]1. The molecule has 0 aromatic rings. The van der Waals surface area contributed by atoms with Crippen LogP contribution in [0.3, 0.4) is 0 Å². The highest BCUT2D eigenvalue weighted by molar-refractivity contribution is 5.63. The van der Waals surface area contributed by atoms with Crippen LogP contribution in [-0.4, -0.2) is 35.8 Å². The van der Waals surface area contributed by atoms with Crippen LogP contribution < -0.4 is 5.10 Å². The summed E-state index contributed by atoms with van der Waals surface area (Å²) in [4.78, 5) is 9.69. The third-order valence-corrected chi connectivity index (χ3v) is 1.16. The van der Waals surface area contributed by atoms with Crippen molar-refractivity contribution >= 4 is 6.21 Å². The predicted octanol–water partition coefficient (Wildman–Crippen LogP) is -1.10. The van der Waals surface area contributed by atoms with Gasteiger partial charge in [-0.1, -0.05) is 0 Å². The summed E-state index contributed by atoms with van der Waals surface area (Å²) in [7, 11) is 1.71. The lowest BCUT2D eigenvalue weighted by molar-refractivity contribution is -0.499. The molecule has 0 saturated carbocycles. The molecule has 5 heteroatoms. The molecule has 0 fully saturated rings. The minimum atomic E-state index is -0.602. The van der Waals surface area contributed by atoms with E-state index in [1.54, 1.807) is 12.1 Å². The molecule has 1 atom stereocenters. The van der Waals surface area contributed by atoms with Gasteiger partial charge in [-0.05, 0) is 0 Å². The molecule has 0 saturated heterocycles. The van der Waals surface area contributed by atoms with Crippen molar-refractivity contribution in [2.24, 2.45) is 0 Å². The topological polar surface area (TPSA) is 60.5 Å². The van der Waals surface area contributed by atoms with Gasteiger partial charge < -0.3 is 0 Å². The lowest BCUT2D eigenvalue weighted by Gasteiger charge is -1.93. The number of likely N-dealkylation sites (N-methyl/N-ethyl adjacent to an activating group) is 1. The molecule has 1 rings (SSSR count). The molecule has 1 aliphatic heterocycles. The van der Waals surface area contributed by atoms with Gasteiger partial charge in [-0.15, -0.1) is 5.01 Å². The van der Waals surface area contributed by atoms with Crippen molar-refractivity contribution in [1.29, 1.82) is 0 Å². The molecule has 1 radical (unpaired) electrons. The van der Waals surface area contributed by atoms with Gasteiger partial charge in [-0.3, -0.25) is 10.1 Å². The highest BCUT2D eigenvalue weighted by atomic mass is 16.6. The molecule has 0 aromatic heterocycles. The zero-order valence-electron chi connectivity index (χ0n) is 5.02. The fourth-order valence-electron chi connectivity index (χ4n) is 0.677. The van der Waals surface area contributed by atoms with E-state index in [2.05, 4.69) is 5.10 Å². The fourth-order valence-corrected chi connectivity index (χ4v) is 0.677. The van der Waals surface area contributed by atoms with Gasteiger partial charge in [-0.25, -0.2) is 0 Å². The van der Waals surface area contributed by atoms with Gasteiger partial charge in [0.05, 0.1) is 7.05 Å². The zero-order valence-corrected chi connectivity index (χ0v) is 5.02. The smallest absolute Gasteiger partial charge is 0.264 e. The fraction of sp³-hybridized carbons (Fsp3) is 0.750. The Bertz CT molecular complexity index is 156. The molecule has 0 spiro atoms. The summed E-state index contributed by atoms with van der Waals surface area (Å²) < 4.78 is 0. The molecule has 5 nitrogen and oxygen atoms in total. The minimum Gasteiger partial charge on any atom is -0.264 e. The zero-order chi connectivity index (χ0) is 6.85. The number of hydrogen-bond donors (Lipinski definition) is 0. The van der Waals surface area contributed by atoms with Gasteiger partial charge in [0.15, 0.2) is 11.6 Å². The Morgan fingerprint density at radius 3 is 2.89 bits per heavy atom. The third-order valence-electron chi connectivity index (χ3n) is 1.16. The third kappa shape index (κ3) is 1.16. The van der Waals surface area contributed by atoms with Gasteiger partial charge in [0.1, 0.15) is 0 Å². The van der Waals surface area contributed by atoms with Crippen LogP contribution in [0.15, 0.2) is 0 Å². The Kier molecular flexibility index (Phi) is 1.33. The summed E-state index contributed by atoms with van der Waals surface area (Å²) in [6.07, 6.45) is 1.35. The maximum atomic E-state index is 10.0. The highest BCUT2D eigenvalue weighted by Gasteiger charge is 2.34. The van der Waals surface area contributed by atoms with E-state index >= 15 is 0 Å². The molecule has 0 N–H and O–H groups in total. The Balaban J connectivity index is 2.50. The first kappa shape index (κ1) is 6.00. The molecular formula is C4H7N3O2+. The summed E-state index contributed by atoms with van der Waals surface area (Å²) in [5.74, 6) is 0. The molecule has 0 bridgehead atoms. The van der Waals surface area contributed by atoms with E-state index in [-0.39, 0.29) is 4.92 Å². The van der Waals surface area contributed by atoms with Gasteiger partial charge in [-0.2, -0.15) is 0 Å². The Morgan fingerprint density at radius 2 is 2.67 bits per heavy atom. The first-order chi connectivity index (χ1) is 4.20. The van der Waals surface area contributed by atoms with Crippen molar-refractivity contribution in [3.63, 3.8) is 0 Å². The molecule has 49 valence electrons. The average Bonchev–Trinajstić information content (AvgIpc) is 2.14. The molecule has 1 unspecified atom stereocenters. The van der Waals surface area contributed by atoms with E-state index in [1.165, 1.54) is 6.21 Å². The van der Waals surface area contributed by atoms with E-state index in [9.17, 15) is 10.1 Å². The largest absolute Gasteiger partial charge is 0.327 e. The normalized spacial score (nSPS) is 25.0.